The fourth-order valence-electron chi connectivity index (χ4n) is 3.92. The Morgan fingerprint density at radius 2 is 1.35 bits per heavy atom. The number of esters is 1. The van der Waals surface area contributed by atoms with Crippen molar-refractivity contribution >= 4 is 23.3 Å². The molecule has 156 valence electrons. The minimum atomic E-state index is -1.18. The zero-order valence-corrected chi connectivity index (χ0v) is 17.0. The number of carbonyl (C=O) groups excluding carboxylic acids is 1. The van der Waals surface area contributed by atoms with Crippen LogP contribution in [-0.4, -0.2) is 30.7 Å². The van der Waals surface area contributed by atoms with E-state index in [4.69, 9.17) is 4.74 Å². The molecule has 0 saturated carbocycles. The number of hydrogen-bond acceptors (Lipinski definition) is 5. The van der Waals surface area contributed by atoms with Gasteiger partial charge in [0.2, 0.25) is 0 Å². The minimum Gasteiger partial charge on any atom is -0.477 e. The lowest BCUT2D eigenvalue weighted by Gasteiger charge is -2.46. The lowest BCUT2D eigenvalue weighted by molar-refractivity contribution is -0.138. The van der Waals surface area contributed by atoms with E-state index in [1.807, 2.05) is 95.9 Å². The molecule has 1 atom stereocenters. The van der Waals surface area contributed by atoms with Gasteiger partial charge >= 0.3 is 11.9 Å². The summed E-state index contributed by atoms with van der Waals surface area (Å²) in [5.74, 6) is -1.84. The lowest BCUT2D eigenvalue weighted by Crippen LogP contribution is -2.50. The first-order valence-corrected chi connectivity index (χ1v) is 9.87. The predicted octanol–water partition coefficient (Wildman–Crippen LogP) is 4.22. The summed E-state index contributed by atoms with van der Waals surface area (Å²) in [5, 5.41) is 10.2. The van der Waals surface area contributed by atoms with Crippen LogP contribution in [0.4, 0.5) is 11.4 Å². The summed E-state index contributed by atoms with van der Waals surface area (Å²) in [6, 6.07) is 28.5. The molecule has 0 spiro atoms. The fourth-order valence-corrected chi connectivity index (χ4v) is 3.92. The number of hydrogen-bond donors (Lipinski definition) is 1. The number of aliphatic carboxylic acids is 1. The molecular weight excluding hydrogens is 392 g/mol. The highest BCUT2D eigenvalue weighted by atomic mass is 16.5. The zero-order chi connectivity index (χ0) is 21.8. The molecule has 1 unspecified atom stereocenters. The quantitative estimate of drug-likeness (QED) is 0.631. The van der Waals surface area contributed by atoms with Gasteiger partial charge in [-0.3, -0.25) is 0 Å². The third kappa shape index (κ3) is 3.88. The van der Waals surface area contributed by atoms with Crippen LogP contribution in [0.1, 0.15) is 11.7 Å². The van der Waals surface area contributed by atoms with Crippen molar-refractivity contribution in [1.82, 2.24) is 0 Å². The summed E-state index contributed by atoms with van der Waals surface area (Å²) >= 11 is 0. The van der Waals surface area contributed by atoms with Crippen molar-refractivity contribution in [3.63, 3.8) is 0 Å². The average Bonchev–Trinajstić information content (AvgIpc) is 2.83. The Hall–Kier alpha value is -4.06. The molecule has 31 heavy (non-hydrogen) atoms. The fraction of sp³-hybridized carbons (Fsp3) is 0.120. The standard InChI is InChI=1S/C25H22N2O4/c1-31-25(30)21-17-26(19-13-7-3-8-14-19)23(18-11-5-2-6-12-18)27(22(21)24(28)29)20-15-9-4-10-16-20/h2-16,23H,17H2,1H3,(H,28,29). The number of carbonyl (C=O) groups is 2. The number of para-hydroxylation sites is 2. The van der Waals surface area contributed by atoms with Gasteiger partial charge in [0.05, 0.1) is 19.2 Å². The highest BCUT2D eigenvalue weighted by molar-refractivity contribution is 6.04. The molecule has 6 heteroatoms. The summed E-state index contributed by atoms with van der Waals surface area (Å²) in [7, 11) is 1.26. The normalized spacial score (nSPS) is 16.2. The van der Waals surface area contributed by atoms with E-state index in [9.17, 15) is 14.7 Å². The Balaban J connectivity index is 2.02. The van der Waals surface area contributed by atoms with Gasteiger partial charge in [-0.15, -0.1) is 0 Å². The van der Waals surface area contributed by atoms with E-state index in [0.29, 0.717) is 5.69 Å². The Morgan fingerprint density at radius 1 is 0.839 bits per heavy atom. The SMILES string of the molecule is COC(=O)C1=C(C(=O)O)N(c2ccccc2)C(c2ccccc2)N(c2ccccc2)C1. The molecule has 4 rings (SSSR count). The van der Waals surface area contributed by atoms with Crippen molar-refractivity contribution in [2.24, 2.45) is 0 Å². The Kier molecular flexibility index (Phi) is 5.71. The van der Waals surface area contributed by atoms with Crippen LogP contribution in [0.5, 0.6) is 0 Å². The number of ether oxygens (including phenoxy) is 1. The van der Waals surface area contributed by atoms with E-state index in [-0.39, 0.29) is 17.8 Å². The second-order valence-corrected chi connectivity index (χ2v) is 7.08. The Labute approximate surface area is 180 Å². The molecule has 0 aliphatic carbocycles. The van der Waals surface area contributed by atoms with Crippen molar-refractivity contribution in [1.29, 1.82) is 0 Å². The van der Waals surface area contributed by atoms with Gasteiger partial charge in [-0.2, -0.15) is 0 Å². The lowest BCUT2D eigenvalue weighted by atomic mass is 9.99. The molecule has 6 nitrogen and oxygen atoms in total. The molecule has 0 aromatic heterocycles. The summed E-state index contributed by atoms with van der Waals surface area (Å²) in [6.45, 7) is 0.0984. The molecule has 0 radical (unpaired) electrons. The largest absolute Gasteiger partial charge is 0.477 e. The molecular formula is C25H22N2O4. The molecule has 1 heterocycles. The van der Waals surface area contributed by atoms with Crippen LogP contribution in [0.15, 0.2) is 102 Å². The van der Waals surface area contributed by atoms with E-state index in [2.05, 4.69) is 0 Å². The third-order valence-corrected chi connectivity index (χ3v) is 5.25. The van der Waals surface area contributed by atoms with E-state index in [1.54, 1.807) is 4.90 Å². The monoisotopic (exact) mass is 414 g/mol. The number of carboxylic acids is 1. The number of nitrogens with zero attached hydrogens (tertiary/aromatic N) is 2. The van der Waals surface area contributed by atoms with E-state index in [0.717, 1.165) is 11.3 Å². The van der Waals surface area contributed by atoms with Gasteiger partial charge in [0.15, 0.2) is 0 Å². The number of methoxy groups -OCH3 is 1. The maximum Gasteiger partial charge on any atom is 0.353 e. The number of carboxylic acid groups (broad SMARTS) is 1. The second-order valence-electron chi connectivity index (χ2n) is 7.08. The highest BCUT2D eigenvalue weighted by Gasteiger charge is 2.41. The van der Waals surface area contributed by atoms with Crippen LogP contribution in [0.25, 0.3) is 0 Å². The first kappa shape index (κ1) is 20.2. The maximum absolute atomic E-state index is 12.7. The summed E-state index contributed by atoms with van der Waals surface area (Å²) in [5.41, 5.74) is 2.44. The molecule has 0 saturated heterocycles. The maximum atomic E-state index is 12.7. The van der Waals surface area contributed by atoms with Crippen molar-refractivity contribution < 1.29 is 19.4 Å². The van der Waals surface area contributed by atoms with Crippen LogP contribution >= 0.6 is 0 Å². The van der Waals surface area contributed by atoms with Gasteiger partial charge in [0, 0.05) is 11.4 Å². The highest BCUT2D eigenvalue weighted by Crippen LogP contribution is 2.41. The van der Waals surface area contributed by atoms with Crippen LogP contribution in [0, 0.1) is 0 Å². The zero-order valence-electron chi connectivity index (χ0n) is 17.0. The summed E-state index contributed by atoms with van der Waals surface area (Å²) in [6.07, 6.45) is -0.481. The Bertz CT molecular complexity index is 1100. The van der Waals surface area contributed by atoms with Gasteiger partial charge in [-0.1, -0.05) is 66.7 Å². The third-order valence-electron chi connectivity index (χ3n) is 5.25. The Morgan fingerprint density at radius 3 is 1.87 bits per heavy atom. The molecule has 0 fully saturated rings. The first-order valence-electron chi connectivity index (χ1n) is 9.87. The number of anilines is 2. The van der Waals surface area contributed by atoms with Gasteiger partial charge in [0.25, 0.3) is 0 Å². The van der Waals surface area contributed by atoms with Crippen LogP contribution in [0.3, 0.4) is 0 Å². The van der Waals surface area contributed by atoms with Gasteiger partial charge < -0.3 is 19.6 Å². The van der Waals surface area contributed by atoms with Gasteiger partial charge in [-0.25, -0.2) is 9.59 Å². The van der Waals surface area contributed by atoms with Gasteiger partial charge in [-0.05, 0) is 29.8 Å². The van der Waals surface area contributed by atoms with Crippen LogP contribution in [-0.2, 0) is 14.3 Å². The molecule has 0 amide bonds. The van der Waals surface area contributed by atoms with Crippen molar-refractivity contribution in [3.05, 3.63) is 108 Å². The van der Waals surface area contributed by atoms with E-state index in [1.165, 1.54) is 7.11 Å². The molecule has 1 aliphatic rings. The second kappa shape index (κ2) is 8.75. The van der Waals surface area contributed by atoms with Crippen LogP contribution < -0.4 is 9.80 Å². The summed E-state index contributed by atoms with van der Waals surface area (Å²) in [4.78, 5) is 28.9. The van der Waals surface area contributed by atoms with Crippen molar-refractivity contribution in [3.8, 4) is 0 Å². The first-order chi connectivity index (χ1) is 15.1. The predicted molar refractivity (Wildman–Crippen MR) is 119 cm³/mol. The molecule has 1 aliphatic heterocycles. The number of benzene rings is 3. The van der Waals surface area contributed by atoms with E-state index >= 15 is 0 Å². The molecule has 3 aromatic carbocycles. The minimum absolute atomic E-state index is 0.0842. The summed E-state index contributed by atoms with van der Waals surface area (Å²) < 4.78 is 4.97. The smallest absolute Gasteiger partial charge is 0.353 e. The van der Waals surface area contributed by atoms with Crippen molar-refractivity contribution in [2.45, 2.75) is 6.17 Å². The molecule has 3 aromatic rings. The topological polar surface area (TPSA) is 70.1 Å². The van der Waals surface area contributed by atoms with Crippen LogP contribution in [0.2, 0.25) is 0 Å². The molecule has 1 N–H and O–H groups in total. The average molecular weight is 414 g/mol. The van der Waals surface area contributed by atoms with E-state index < -0.39 is 18.1 Å². The molecule has 0 bridgehead atoms. The van der Waals surface area contributed by atoms with Crippen molar-refractivity contribution in [2.75, 3.05) is 23.5 Å². The number of rotatable bonds is 5. The van der Waals surface area contributed by atoms with Gasteiger partial charge in [0.1, 0.15) is 11.9 Å².